The fourth-order valence-corrected chi connectivity index (χ4v) is 3.64. The summed E-state index contributed by atoms with van der Waals surface area (Å²) < 4.78 is 0. The predicted octanol–water partition coefficient (Wildman–Crippen LogP) is 3.12. The van der Waals surface area contributed by atoms with Crippen LogP contribution in [0.4, 0.5) is 0 Å². The van der Waals surface area contributed by atoms with E-state index in [9.17, 15) is 9.59 Å². The number of carbonyl (C=O) groups is 2. The molecule has 0 saturated heterocycles. The average molecular weight is 328 g/mol. The number of carbonyl (C=O) groups excluding carboxylic acids is 2. The first kappa shape index (κ1) is 17.0. The Morgan fingerprint density at radius 1 is 1.12 bits per heavy atom. The molecule has 130 valence electrons. The average Bonchev–Trinajstić information content (AvgIpc) is 3.23. The van der Waals surface area contributed by atoms with Crippen molar-refractivity contribution in [2.75, 3.05) is 0 Å². The fourth-order valence-electron chi connectivity index (χ4n) is 3.64. The maximum atomic E-state index is 12.8. The highest BCUT2D eigenvalue weighted by molar-refractivity contribution is 5.92. The quantitative estimate of drug-likeness (QED) is 0.872. The van der Waals surface area contributed by atoms with Crippen LogP contribution >= 0.6 is 0 Å². The number of amides is 2. The van der Waals surface area contributed by atoms with E-state index in [1.165, 1.54) is 12.8 Å². The fraction of sp³-hybridized carbons (Fsp3) is 0.600. The topological polar surface area (TPSA) is 49.4 Å². The number of nitrogens with one attached hydrogen (secondary N) is 1. The lowest BCUT2D eigenvalue weighted by molar-refractivity contribution is -0.137. The highest BCUT2D eigenvalue weighted by Crippen LogP contribution is 2.41. The zero-order valence-electron chi connectivity index (χ0n) is 14.7. The summed E-state index contributed by atoms with van der Waals surface area (Å²) >= 11 is 0. The molecule has 1 aromatic carbocycles. The second-order valence-electron chi connectivity index (χ2n) is 7.48. The summed E-state index contributed by atoms with van der Waals surface area (Å²) in [6, 6.07) is 10.5. The Hall–Kier alpha value is -1.84. The van der Waals surface area contributed by atoms with E-state index in [1.807, 2.05) is 49.1 Å². The van der Waals surface area contributed by atoms with Gasteiger partial charge in [-0.15, -0.1) is 0 Å². The molecule has 2 fully saturated rings. The van der Waals surface area contributed by atoms with Crippen molar-refractivity contribution in [1.82, 2.24) is 10.2 Å². The van der Waals surface area contributed by atoms with Crippen molar-refractivity contribution in [3.63, 3.8) is 0 Å². The first-order chi connectivity index (χ1) is 11.6. The van der Waals surface area contributed by atoms with Crippen LogP contribution in [-0.2, 0) is 16.1 Å². The Morgan fingerprint density at radius 2 is 1.79 bits per heavy atom. The van der Waals surface area contributed by atoms with Crippen LogP contribution in [0, 0.1) is 11.8 Å². The summed E-state index contributed by atoms with van der Waals surface area (Å²) in [5.74, 6) is -0.0308. The minimum absolute atomic E-state index is 0.0867. The number of hydrogen-bond acceptors (Lipinski definition) is 2. The van der Waals surface area contributed by atoms with E-state index in [2.05, 4.69) is 5.32 Å². The van der Waals surface area contributed by atoms with Crippen molar-refractivity contribution in [1.29, 1.82) is 0 Å². The minimum atomic E-state index is -0.127. The van der Waals surface area contributed by atoms with Gasteiger partial charge in [-0.05, 0) is 38.7 Å². The molecule has 4 nitrogen and oxygen atoms in total. The Labute approximate surface area is 144 Å². The second kappa shape index (κ2) is 7.37. The van der Waals surface area contributed by atoms with Crippen molar-refractivity contribution in [2.24, 2.45) is 11.8 Å². The van der Waals surface area contributed by atoms with E-state index in [1.54, 1.807) is 0 Å². The molecule has 0 heterocycles. The molecule has 24 heavy (non-hydrogen) atoms. The van der Waals surface area contributed by atoms with E-state index in [0.29, 0.717) is 19.0 Å². The summed E-state index contributed by atoms with van der Waals surface area (Å²) in [7, 11) is 0. The van der Waals surface area contributed by atoms with Crippen molar-refractivity contribution >= 4 is 11.8 Å². The van der Waals surface area contributed by atoms with Crippen molar-refractivity contribution < 1.29 is 9.59 Å². The van der Waals surface area contributed by atoms with Crippen LogP contribution in [0.3, 0.4) is 0 Å². The van der Waals surface area contributed by atoms with Gasteiger partial charge in [0.15, 0.2) is 0 Å². The summed E-state index contributed by atoms with van der Waals surface area (Å²) in [6.45, 7) is 4.69. The maximum absolute atomic E-state index is 12.8. The van der Waals surface area contributed by atoms with Crippen LogP contribution in [-0.4, -0.2) is 28.8 Å². The van der Waals surface area contributed by atoms with Gasteiger partial charge in [0.2, 0.25) is 11.8 Å². The molecule has 3 rings (SSSR count). The smallest absolute Gasteiger partial charge is 0.227 e. The number of benzene rings is 1. The van der Waals surface area contributed by atoms with Gasteiger partial charge >= 0.3 is 0 Å². The molecule has 2 aliphatic carbocycles. The third kappa shape index (κ3) is 3.97. The third-order valence-electron chi connectivity index (χ3n) is 5.25. The van der Waals surface area contributed by atoms with E-state index in [0.717, 1.165) is 18.4 Å². The Bertz CT molecular complexity index is 579. The molecule has 0 spiro atoms. The third-order valence-corrected chi connectivity index (χ3v) is 5.25. The van der Waals surface area contributed by atoms with Crippen molar-refractivity contribution in [3.05, 3.63) is 35.9 Å². The van der Waals surface area contributed by atoms with Crippen LogP contribution in [0.2, 0.25) is 0 Å². The number of nitrogens with zero attached hydrogens (tertiary/aromatic N) is 1. The van der Waals surface area contributed by atoms with Crippen LogP contribution < -0.4 is 5.32 Å². The normalized spacial score (nSPS) is 23.3. The highest BCUT2D eigenvalue weighted by Gasteiger charge is 2.50. The summed E-state index contributed by atoms with van der Waals surface area (Å²) in [5, 5.41) is 3.13. The lowest BCUT2D eigenvalue weighted by Gasteiger charge is -2.27. The molecule has 1 N–H and O–H groups in total. The van der Waals surface area contributed by atoms with Crippen LogP contribution in [0.1, 0.15) is 51.5 Å². The van der Waals surface area contributed by atoms with Gasteiger partial charge in [-0.1, -0.05) is 43.2 Å². The molecule has 0 bridgehead atoms. The molecule has 2 aliphatic rings. The zero-order valence-corrected chi connectivity index (χ0v) is 14.7. The van der Waals surface area contributed by atoms with Crippen LogP contribution in [0.5, 0.6) is 0 Å². The first-order valence-electron chi connectivity index (χ1n) is 9.21. The van der Waals surface area contributed by atoms with Crippen LogP contribution in [0.25, 0.3) is 0 Å². The molecular formula is C20H28N2O2. The minimum Gasteiger partial charge on any atom is -0.353 e. The predicted molar refractivity (Wildman–Crippen MR) is 94.1 cm³/mol. The van der Waals surface area contributed by atoms with Crippen molar-refractivity contribution in [3.8, 4) is 0 Å². The van der Waals surface area contributed by atoms with Gasteiger partial charge in [-0.2, -0.15) is 0 Å². The molecule has 0 radical (unpaired) electrons. The Balaban J connectivity index is 1.57. The molecule has 1 aromatic rings. The molecule has 0 aliphatic heterocycles. The molecule has 2 amide bonds. The summed E-state index contributed by atoms with van der Waals surface area (Å²) in [6.07, 6.45) is 5.29. The Kier molecular flexibility index (Phi) is 5.22. The highest BCUT2D eigenvalue weighted by atomic mass is 16.2. The van der Waals surface area contributed by atoms with E-state index in [-0.39, 0.29) is 29.7 Å². The van der Waals surface area contributed by atoms with Crippen molar-refractivity contribution in [2.45, 2.75) is 64.6 Å². The number of rotatable bonds is 6. The first-order valence-corrected chi connectivity index (χ1v) is 9.21. The summed E-state index contributed by atoms with van der Waals surface area (Å²) in [5.41, 5.74) is 1.13. The van der Waals surface area contributed by atoms with E-state index in [4.69, 9.17) is 0 Å². The molecule has 0 aromatic heterocycles. The molecule has 2 saturated carbocycles. The molecule has 2 unspecified atom stereocenters. The van der Waals surface area contributed by atoms with Gasteiger partial charge in [0.05, 0.1) is 11.8 Å². The lowest BCUT2D eigenvalue weighted by atomic mass is 10.1. The molecule has 4 heteroatoms. The van der Waals surface area contributed by atoms with E-state index >= 15 is 0 Å². The maximum Gasteiger partial charge on any atom is 0.227 e. The number of hydrogen-bond donors (Lipinski definition) is 1. The van der Waals surface area contributed by atoms with Gasteiger partial charge in [-0.3, -0.25) is 9.59 Å². The van der Waals surface area contributed by atoms with Gasteiger partial charge in [-0.25, -0.2) is 0 Å². The van der Waals surface area contributed by atoms with Gasteiger partial charge in [0.1, 0.15) is 0 Å². The zero-order chi connectivity index (χ0) is 17.1. The summed E-state index contributed by atoms with van der Waals surface area (Å²) in [4.78, 5) is 27.1. The lowest BCUT2D eigenvalue weighted by Crippen LogP contribution is -2.39. The molecule has 2 atom stereocenters. The Morgan fingerprint density at radius 3 is 2.42 bits per heavy atom. The van der Waals surface area contributed by atoms with Gasteiger partial charge in [0.25, 0.3) is 0 Å². The van der Waals surface area contributed by atoms with E-state index < -0.39 is 0 Å². The SMILES string of the molecule is CC(C)N(Cc1ccccc1)C(=O)C1CC1C(=O)NC1CCCC1. The van der Waals surface area contributed by atoms with Crippen LogP contribution in [0.15, 0.2) is 30.3 Å². The second-order valence-corrected chi connectivity index (χ2v) is 7.48. The van der Waals surface area contributed by atoms with Gasteiger partial charge in [0, 0.05) is 18.6 Å². The van der Waals surface area contributed by atoms with Gasteiger partial charge < -0.3 is 10.2 Å². The molecular weight excluding hydrogens is 300 g/mol. The monoisotopic (exact) mass is 328 g/mol. The standard InChI is InChI=1S/C20H28N2O2/c1-14(2)22(13-15-8-4-3-5-9-15)20(24)18-12-17(18)19(23)21-16-10-6-7-11-16/h3-5,8-9,14,16-18H,6-7,10-13H2,1-2H3,(H,21,23). The largest absolute Gasteiger partial charge is 0.353 e.